The van der Waals surface area contributed by atoms with E-state index in [2.05, 4.69) is 91.1 Å². The van der Waals surface area contributed by atoms with Gasteiger partial charge >= 0.3 is 12.4 Å². The predicted molar refractivity (Wildman–Crippen MR) is 364 cm³/mol. The minimum Gasteiger partial charge on any atom is -0.542 e. The molecule has 0 aliphatic carbocycles. The number of nitrogens with zero attached hydrogens (tertiary/aromatic N) is 6. The normalized spacial score (nSPS) is 19.7. The fraction of sp³-hybridized carbons (Fsp3) is 0.474. The van der Waals surface area contributed by atoms with Gasteiger partial charge in [0.05, 0.1) is 52.4 Å². The van der Waals surface area contributed by atoms with E-state index in [1.54, 1.807) is 12.1 Å². The van der Waals surface area contributed by atoms with Crippen LogP contribution in [-0.2, 0) is 48.9 Å². The molecule has 100 heavy (non-hydrogen) atoms. The number of hydrogen-bond acceptors (Lipinski definition) is 12. The van der Waals surface area contributed by atoms with Crippen molar-refractivity contribution in [1.82, 2.24) is 40.9 Å². The summed E-state index contributed by atoms with van der Waals surface area (Å²) in [7, 11) is 0. The standard InChI is InChI=1S/2C36H46FN5O.2C2HF3O2/c2*1-28-25-41(14-13-38-28)27-30-7-5-9-32(21-30)34-23-29(11-12-35(34)37)24-39-36(43)33-10-6-8-31(22-33)26-40-15-19-42(20-16-40)17-3-2-4-18-42;2*3-2(4,5)1(6)7/h2*5-12,21-23,28,38H,2-4,13-20,24-27H2,1H3;2*(H,6,7)/t2*28-;;/m00../s1. The van der Waals surface area contributed by atoms with Gasteiger partial charge in [0.15, 0.2) is 0 Å². The van der Waals surface area contributed by atoms with Crippen LogP contribution in [0.25, 0.3) is 22.3 Å². The molecule has 0 saturated carbocycles. The van der Waals surface area contributed by atoms with Crippen LogP contribution in [0.3, 0.4) is 0 Å². The van der Waals surface area contributed by atoms with E-state index in [1.165, 1.54) is 134 Å². The van der Waals surface area contributed by atoms with E-state index in [9.17, 15) is 44.7 Å². The number of amides is 2. The number of carboxylic acid groups (broad SMARTS) is 2. The van der Waals surface area contributed by atoms with Gasteiger partial charge in [-0.25, -0.2) is 8.78 Å². The monoisotopic (exact) mass is 1390 g/mol. The lowest BCUT2D eigenvalue weighted by Gasteiger charge is -2.47. The Morgan fingerprint density at radius 1 is 0.430 bits per heavy atom. The number of benzene rings is 6. The van der Waals surface area contributed by atoms with Gasteiger partial charge in [-0.15, -0.1) is 0 Å². The number of carbonyl (C=O) groups is 4. The van der Waals surface area contributed by atoms with Crippen LogP contribution in [0.1, 0.15) is 106 Å². The number of carboxylic acids is 2. The first kappa shape index (κ1) is 76.5. The van der Waals surface area contributed by atoms with Crippen LogP contribution >= 0.6 is 0 Å². The molecular formula is C76H94F8N10O6. The Balaban J connectivity index is 0.000000196. The number of quaternary nitrogens is 2. The number of hydrogen-bond donors (Lipinski definition) is 4. The van der Waals surface area contributed by atoms with Gasteiger partial charge in [-0.2, -0.15) is 26.3 Å². The molecule has 6 aromatic rings. The van der Waals surface area contributed by atoms with E-state index >= 15 is 0 Å². The topological polar surface area (TPSA) is 175 Å². The average Bonchev–Trinajstić information content (AvgIpc) is 0.835. The number of carbonyl (C=O) groups excluding carboxylic acids is 4. The smallest absolute Gasteiger partial charge is 0.430 e. The molecular weight excluding hydrogens is 1300 g/mol. The number of piperazine rings is 4. The first-order chi connectivity index (χ1) is 47.8. The molecule has 0 aromatic heterocycles. The van der Waals surface area contributed by atoms with Crippen molar-refractivity contribution in [3.63, 3.8) is 0 Å². The fourth-order valence-corrected chi connectivity index (χ4v) is 14.5. The van der Waals surface area contributed by atoms with Gasteiger partial charge in [-0.05, 0) is 158 Å². The molecule has 6 aromatic carbocycles. The van der Waals surface area contributed by atoms with E-state index in [4.69, 9.17) is 19.8 Å². The molecule has 6 saturated heterocycles. The van der Waals surface area contributed by atoms with Gasteiger partial charge in [-0.3, -0.25) is 29.2 Å². The van der Waals surface area contributed by atoms with Crippen LogP contribution in [-0.4, -0.2) is 195 Å². The summed E-state index contributed by atoms with van der Waals surface area (Å²) in [4.78, 5) is 53.8. The Kier molecular flexibility index (Phi) is 27.4. The van der Waals surface area contributed by atoms with Crippen molar-refractivity contribution in [2.45, 2.75) is 116 Å². The minimum absolute atomic E-state index is 0.101. The highest BCUT2D eigenvalue weighted by molar-refractivity contribution is 5.95. The van der Waals surface area contributed by atoms with E-state index < -0.39 is 24.3 Å². The second-order valence-electron chi connectivity index (χ2n) is 27.7. The quantitative estimate of drug-likeness (QED) is 0.0537. The molecule has 0 unspecified atom stereocenters. The summed E-state index contributed by atoms with van der Waals surface area (Å²) in [6, 6.07) is 43.6. The summed E-state index contributed by atoms with van der Waals surface area (Å²) >= 11 is 0. The first-order valence-corrected chi connectivity index (χ1v) is 34.9. The zero-order chi connectivity index (χ0) is 71.5. The van der Waals surface area contributed by atoms with Crippen LogP contribution in [0.2, 0.25) is 0 Å². The molecule has 12 rings (SSSR count). The van der Waals surface area contributed by atoms with Crippen LogP contribution in [0.4, 0.5) is 35.1 Å². The van der Waals surface area contributed by atoms with Gasteiger partial charge < -0.3 is 50.0 Å². The molecule has 16 nitrogen and oxygen atoms in total. The van der Waals surface area contributed by atoms with Gasteiger partial charge in [0, 0.05) is 139 Å². The maximum absolute atomic E-state index is 15.0. The largest absolute Gasteiger partial charge is 0.542 e. The average molecular weight is 1400 g/mol. The number of halogens is 8. The molecule has 0 bridgehead atoms. The van der Waals surface area contributed by atoms with E-state index in [0.29, 0.717) is 47.4 Å². The highest BCUT2D eigenvalue weighted by Crippen LogP contribution is 2.30. The molecule has 2 spiro atoms. The van der Waals surface area contributed by atoms with Crippen LogP contribution in [0.5, 0.6) is 0 Å². The maximum Gasteiger partial charge on any atom is 0.430 e. The van der Waals surface area contributed by atoms with Gasteiger partial charge in [0.2, 0.25) is 0 Å². The number of nitrogens with one attached hydrogen (secondary N) is 4. The van der Waals surface area contributed by atoms with Gasteiger partial charge in [0.25, 0.3) is 11.8 Å². The second-order valence-corrected chi connectivity index (χ2v) is 27.7. The Morgan fingerprint density at radius 2 is 0.760 bits per heavy atom. The molecule has 6 fully saturated rings. The molecule has 540 valence electrons. The third-order valence-electron chi connectivity index (χ3n) is 19.9. The van der Waals surface area contributed by atoms with E-state index in [1.807, 2.05) is 72.8 Å². The highest BCUT2D eigenvalue weighted by Gasteiger charge is 2.36. The summed E-state index contributed by atoms with van der Waals surface area (Å²) in [6.45, 7) is 29.5. The maximum atomic E-state index is 15.0. The Labute approximate surface area is 581 Å². The van der Waals surface area contributed by atoms with E-state index in [-0.39, 0.29) is 23.4 Å². The number of alkyl halides is 6. The van der Waals surface area contributed by atoms with Crippen molar-refractivity contribution in [1.29, 1.82) is 0 Å². The molecule has 6 aliphatic heterocycles. The summed E-state index contributed by atoms with van der Waals surface area (Å²) in [5.74, 6) is -6.71. The summed E-state index contributed by atoms with van der Waals surface area (Å²) in [5, 5.41) is 30.7. The van der Waals surface area contributed by atoms with Gasteiger partial charge in [0.1, 0.15) is 23.6 Å². The van der Waals surface area contributed by atoms with Gasteiger partial charge in [-0.1, -0.05) is 72.8 Å². The molecule has 4 N–H and O–H groups in total. The molecule has 6 aliphatic rings. The zero-order valence-corrected chi connectivity index (χ0v) is 57.2. The van der Waals surface area contributed by atoms with Crippen molar-refractivity contribution < 1.29 is 73.5 Å². The molecule has 0 radical (unpaired) electrons. The lowest BCUT2D eigenvalue weighted by atomic mass is 10.00. The summed E-state index contributed by atoms with van der Waals surface area (Å²) in [5.41, 5.74) is 10.7. The molecule has 24 heteroatoms. The molecule has 2 atom stereocenters. The van der Waals surface area contributed by atoms with Crippen LogP contribution < -0.4 is 31.5 Å². The van der Waals surface area contributed by atoms with Crippen molar-refractivity contribution in [2.75, 3.05) is 118 Å². The number of piperidine rings is 2. The molecule has 2 amide bonds. The number of aliphatic carboxylic acids is 2. The summed E-state index contributed by atoms with van der Waals surface area (Å²) in [6.07, 6.45) is -2.10. The lowest BCUT2D eigenvalue weighted by Crippen LogP contribution is -2.61. The van der Waals surface area contributed by atoms with Crippen molar-refractivity contribution in [3.8, 4) is 22.3 Å². The third kappa shape index (κ3) is 23.2. The SMILES string of the molecule is C[C@H]1CN(Cc2cccc(-c3cc(CNC(=O)c4cccc(CN5CC[N+]6(CCCCC6)CC5)c4)ccc3F)c2)CCN1.C[C@H]1CN(Cc2cccc(-c3cc(CNC(=O)c4cccc(CN5CC[N+]6(CCCCC6)CC5)c4)ccc3F)c2)CCN1.O=C([O-])C(F)(F)F.O=C([O-])C(F)(F)F. The van der Waals surface area contributed by atoms with E-state index in [0.717, 1.165) is 114 Å². The number of rotatable bonds is 16. The first-order valence-electron chi connectivity index (χ1n) is 34.9. The van der Waals surface area contributed by atoms with Crippen LogP contribution in [0, 0.1) is 11.6 Å². The Bertz CT molecular complexity index is 3440. The zero-order valence-electron chi connectivity index (χ0n) is 57.2. The molecule has 6 heterocycles. The Hall–Kier alpha value is -7.68. The van der Waals surface area contributed by atoms with Crippen LogP contribution in [0.15, 0.2) is 133 Å². The summed E-state index contributed by atoms with van der Waals surface area (Å²) < 4.78 is 95.7. The lowest BCUT2D eigenvalue weighted by molar-refractivity contribution is -0.936. The third-order valence-corrected chi connectivity index (χ3v) is 19.9. The fourth-order valence-electron chi connectivity index (χ4n) is 14.5. The minimum atomic E-state index is -5.19. The predicted octanol–water partition coefficient (Wildman–Crippen LogP) is 8.66. The van der Waals surface area contributed by atoms with Crippen molar-refractivity contribution in [3.05, 3.63) is 190 Å². The highest BCUT2D eigenvalue weighted by atomic mass is 19.4. The Morgan fingerprint density at radius 3 is 1.10 bits per heavy atom. The van der Waals surface area contributed by atoms with Crippen molar-refractivity contribution >= 4 is 23.8 Å². The van der Waals surface area contributed by atoms with Crippen molar-refractivity contribution in [2.24, 2.45) is 0 Å². The second kappa shape index (κ2) is 35.8.